The molecular weight excluding hydrogens is 313 g/mol. The van der Waals surface area contributed by atoms with Crippen LogP contribution in [-0.4, -0.2) is 16.0 Å². The zero-order valence-electron chi connectivity index (χ0n) is 12.5. The summed E-state index contributed by atoms with van der Waals surface area (Å²) < 4.78 is 12.9. The SMILES string of the molecule is Cc1cccc(/C=C2\SC(=O)N(Cc3ccc(F)cc3)C2=O)c1. The molecule has 3 nitrogen and oxygen atoms in total. The second-order valence-corrected chi connectivity index (χ2v) is 6.30. The van der Waals surface area contributed by atoms with Crippen molar-refractivity contribution in [3.63, 3.8) is 0 Å². The van der Waals surface area contributed by atoms with Crippen LogP contribution in [0.4, 0.5) is 9.18 Å². The van der Waals surface area contributed by atoms with Crippen molar-refractivity contribution in [1.82, 2.24) is 4.90 Å². The van der Waals surface area contributed by atoms with Crippen molar-refractivity contribution in [2.24, 2.45) is 0 Å². The molecule has 3 rings (SSSR count). The predicted molar refractivity (Wildman–Crippen MR) is 89.1 cm³/mol. The maximum atomic E-state index is 12.9. The fourth-order valence-electron chi connectivity index (χ4n) is 2.32. The van der Waals surface area contributed by atoms with Crippen LogP contribution in [-0.2, 0) is 11.3 Å². The van der Waals surface area contributed by atoms with E-state index in [4.69, 9.17) is 0 Å². The smallest absolute Gasteiger partial charge is 0.268 e. The fourth-order valence-corrected chi connectivity index (χ4v) is 3.16. The Kier molecular flexibility index (Phi) is 4.30. The Morgan fingerprint density at radius 3 is 2.57 bits per heavy atom. The number of benzene rings is 2. The Balaban J connectivity index is 1.81. The Hall–Kier alpha value is -2.40. The van der Waals surface area contributed by atoms with E-state index in [0.29, 0.717) is 10.5 Å². The lowest BCUT2D eigenvalue weighted by Crippen LogP contribution is -2.27. The van der Waals surface area contributed by atoms with E-state index in [1.165, 1.54) is 17.0 Å². The van der Waals surface area contributed by atoms with Crippen molar-refractivity contribution < 1.29 is 14.0 Å². The molecule has 0 radical (unpaired) electrons. The predicted octanol–water partition coefficient (Wildman–Crippen LogP) is 4.37. The molecule has 0 saturated carbocycles. The van der Waals surface area contributed by atoms with Gasteiger partial charge in [0.15, 0.2) is 0 Å². The lowest BCUT2D eigenvalue weighted by Gasteiger charge is -2.12. The first-order chi connectivity index (χ1) is 11.0. The second kappa shape index (κ2) is 6.38. The minimum absolute atomic E-state index is 0.149. The van der Waals surface area contributed by atoms with Crippen molar-refractivity contribution in [2.45, 2.75) is 13.5 Å². The molecule has 1 aliphatic rings. The first-order valence-electron chi connectivity index (χ1n) is 7.09. The molecule has 2 aromatic carbocycles. The highest BCUT2D eigenvalue weighted by molar-refractivity contribution is 8.18. The van der Waals surface area contributed by atoms with Crippen molar-refractivity contribution in [2.75, 3.05) is 0 Å². The number of thioether (sulfide) groups is 1. The van der Waals surface area contributed by atoms with E-state index in [1.807, 2.05) is 31.2 Å². The van der Waals surface area contributed by atoms with Crippen LogP contribution in [0.5, 0.6) is 0 Å². The summed E-state index contributed by atoms with van der Waals surface area (Å²) in [6, 6.07) is 13.5. The number of rotatable bonds is 3. The summed E-state index contributed by atoms with van der Waals surface area (Å²) in [4.78, 5) is 26.1. The summed E-state index contributed by atoms with van der Waals surface area (Å²) in [6.45, 7) is 2.12. The molecule has 23 heavy (non-hydrogen) atoms. The van der Waals surface area contributed by atoms with Gasteiger partial charge in [0.1, 0.15) is 5.82 Å². The third kappa shape index (κ3) is 3.51. The molecule has 0 aliphatic carbocycles. The number of amides is 2. The van der Waals surface area contributed by atoms with Crippen LogP contribution in [0.25, 0.3) is 6.08 Å². The number of nitrogens with zero attached hydrogens (tertiary/aromatic N) is 1. The average Bonchev–Trinajstić information content (AvgIpc) is 2.77. The van der Waals surface area contributed by atoms with Crippen LogP contribution < -0.4 is 0 Å². The normalized spacial score (nSPS) is 16.4. The van der Waals surface area contributed by atoms with E-state index >= 15 is 0 Å². The first kappa shape index (κ1) is 15.5. The van der Waals surface area contributed by atoms with Gasteiger partial charge in [-0.15, -0.1) is 0 Å². The first-order valence-corrected chi connectivity index (χ1v) is 7.91. The number of imide groups is 1. The lowest BCUT2D eigenvalue weighted by molar-refractivity contribution is -0.123. The minimum atomic E-state index is -0.345. The summed E-state index contributed by atoms with van der Waals surface area (Å²) in [5.41, 5.74) is 2.69. The molecule has 0 spiro atoms. The van der Waals surface area contributed by atoms with E-state index in [-0.39, 0.29) is 23.5 Å². The summed E-state index contributed by atoms with van der Waals surface area (Å²) in [7, 11) is 0. The van der Waals surface area contributed by atoms with Crippen LogP contribution in [0.2, 0.25) is 0 Å². The summed E-state index contributed by atoms with van der Waals surface area (Å²) >= 11 is 0.929. The van der Waals surface area contributed by atoms with E-state index in [1.54, 1.807) is 18.2 Å². The van der Waals surface area contributed by atoms with Crippen LogP contribution in [0.3, 0.4) is 0 Å². The highest BCUT2D eigenvalue weighted by Gasteiger charge is 2.34. The van der Waals surface area contributed by atoms with Gasteiger partial charge in [-0.2, -0.15) is 0 Å². The van der Waals surface area contributed by atoms with Gasteiger partial charge in [-0.05, 0) is 48.0 Å². The van der Waals surface area contributed by atoms with Gasteiger partial charge in [0.05, 0.1) is 11.4 Å². The standard InChI is InChI=1S/C18H14FNO2S/c1-12-3-2-4-14(9-12)10-16-17(21)20(18(22)23-16)11-13-5-7-15(19)8-6-13/h2-10H,11H2,1H3/b16-10-. The fraction of sp³-hybridized carbons (Fsp3) is 0.111. The topological polar surface area (TPSA) is 37.4 Å². The van der Waals surface area contributed by atoms with E-state index in [9.17, 15) is 14.0 Å². The molecule has 1 heterocycles. The molecule has 1 fully saturated rings. The zero-order chi connectivity index (χ0) is 16.4. The highest BCUT2D eigenvalue weighted by atomic mass is 32.2. The maximum Gasteiger partial charge on any atom is 0.293 e. The molecule has 2 amide bonds. The summed E-state index contributed by atoms with van der Waals surface area (Å²) in [6.07, 6.45) is 1.72. The van der Waals surface area contributed by atoms with Crippen molar-refractivity contribution in [3.05, 3.63) is 75.9 Å². The number of hydrogen-bond donors (Lipinski definition) is 0. The highest BCUT2D eigenvalue weighted by Crippen LogP contribution is 2.33. The number of carbonyl (C=O) groups is 2. The molecule has 0 N–H and O–H groups in total. The van der Waals surface area contributed by atoms with Gasteiger partial charge in [0.25, 0.3) is 11.1 Å². The molecule has 1 saturated heterocycles. The van der Waals surface area contributed by atoms with Gasteiger partial charge in [-0.3, -0.25) is 14.5 Å². The van der Waals surface area contributed by atoms with Crippen LogP contribution in [0, 0.1) is 12.7 Å². The van der Waals surface area contributed by atoms with E-state index in [2.05, 4.69) is 0 Å². The molecule has 0 atom stereocenters. The van der Waals surface area contributed by atoms with Crippen molar-refractivity contribution in [3.8, 4) is 0 Å². The van der Waals surface area contributed by atoms with Gasteiger partial charge < -0.3 is 0 Å². The monoisotopic (exact) mass is 327 g/mol. The van der Waals surface area contributed by atoms with Gasteiger partial charge in [-0.1, -0.05) is 42.0 Å². The van der Waals surface area contributed by atoms with E-state index in [0.717, 1.165) is 22.9 Å². The maximum absolute atomic E-state index is 12.9. The Morgan fingerprint density at radius 2 is 1.87 bits per heavy atom. The third-order valence-corrected chi connectivity index (χ3v) is 4.37. The molecule has 5 heteroatoms. The largest absolute Gasteiger partial charge is 0.293 e. The molecule has 116 valence electrons. The quantitative estimate of drug-likeness (QED) is 0.786. The van der Waals surface area contributed by atoms with Crippen LogP contribution in [0.1, 0.15) is 16.7 Å². The van der Waals surface area contributed by atoms with Crippen molar-refractivity contribution in [1.29, 1.82) is 0 Å². The molecule has 0 unspecified atom stereocenters. The van der Waals surface area contributed by atoms with E-state index < -0.39 is 0 Å². The van der Waals surface area contributed by atoms with Gasteiger partial charge in [-0.25, -0.2) is 4.39 Å². The molecule has 1 aliphatic heterocycles. The third-order valence-electron chi connectivity index (χ3n) is 3.47. The summed E-state index contributed by atoms with van der Waals surface area (Å²) in [5.74, 6) is -0.659. The second-order valence-electron chi connectivity index (χ2n) is 5.31. The van der Waals surface area contributed by atoms with Gasteiger partial charge in [0, 0.05) is 0 Å². The van der Waals surface area contributed by atoms with Crippen LogP contribution >= 0.6 is 11.8 Å². The number of hydrogen-bond acceptors (Lipinski definition) is 3. The number of aryl methyl sites for hydroxylation is 1. The van der Waals surface area contributed by atoms with Crippen LogP contribution in [0.15, 0.2) is 53.4 Å². The van der Waals surface area contributed by atoms with Crippen molar-refractivity contribution >= 4 is 29.0 Å². The Bertz CT molecular complexity index is 799. The average molecular weight is 327 g/mol. The Morgan fingerprint density at radius 1 is 1.13 bits per heavy atom. The number of halogens is 1. The minimum Gasteiger partial charge on any atom is -0.268 e. The molecule has 0 aromatic heterocycles. The lowest BCUT2D eigenvalue weighted by atomic mass is 10.1. The number of carbonyl (C=O) groups excluding carboxylic acids is 2. The molecule has 2 aromatic rings. The zero-order valence-corrected chi connectivity index (χ0v) is 13.3. The molecule has 0 bridgehead atoms. The van der Waals surface area contributed by atoms with Gasteiger partial charge >= 0.3 is 0 Å². The Labute approximate surface area is 137 Å². The molecular formula is C18H14FNO2S. The summed E-state index contributed by atoms with van der Waals surface area (Å²) in [5, 5.41) is -0.307. The van der Waals surface area contributed by atoms with Gasteiger partial charge in [0.2, 0.25) is 0 Å².